The lowest BCUT2D eigenvalue weighted by molar-refractivity contribution is 0.0525. The van der Waals surface area contributed by atoms with E-state index in [9.17, 15) is 14.3 Å². The zero-order valence-electron chi connectivity index (χ0n) is 21.0. The SMILES string of the molecule is CCOC(=O)c1c(COc2ccc(F)cc2)n(C)c2cc(-c3cccnc3)c(O)c(CN(C)C)c12.Cl.Cl. The number of hydrogen-bond acceptors (Lipinski definition) is 6. The molecule has 0 aliphatic carbocycles. The molecule has 1 N–H and O–H groups in total. The van der Waals surface area contributed by atoms with Crippen LogP contribution in [0.4, 0.5) is 4.39 Å². The second-order valence-corrected chi connectivity index (χ2v) is 8.47. The molecule has 0 saturated heterocycles. The van der Waals surface area contributed by atoms with Crippen LogP contribution in [0.5, 0.6) is 11.5 Å². The Morgan fingerprint density at radius 3 is 2.46 bits per heavy atom. The number of aromatic hydroxyl groups is 1. The average molecular weight is 550 g/mol. The zero-order chi connectivity index (χ0) is 25.1. The summed E-state index contributed by atoms with van der Waals surface area (Å²) >= 11 is 0. The number of fused-ring (bicyclic) bond motifs is 1. The minimum Gasteiger partial charge on any atom is -0.507 e. The summed E-state index contributed by atoms with van der Waals surface area (Å²) in [6.07, 6.45) is 3.36. The molecular weight excluding hydrogens is 520 g/mol. The van der Waals surface area contributed by atoms with Gasteiger partial charge < -0.3 is 24.0 Å². The summed E-state index contributed by atoms with van der Waals surface area (Å²) in [5, 5.41) is 12.0. The monoisotopic (exact) mass is 549 g/mol. The molecule has 0 amide bonds. The fourth-order valence-electron chi connectivity index (χ4n) is 4.20. The van der Waals surface area contributed by atoms with Gasteiger partial charge in [0.1, 0.15) is 23.9 Å². The summed E-state index contributed by atoms with van der Waals surface area (Å²) in [6, 6.07) is 11.2. The quantitative estimate of drug-likeness (QED) is 0.282. The number of hydrogen-bond donors (Lipinski definition) is 1. The van der Waals surface area contributed by atoms with Gasteiger partial charge in [0.05, 0.1) is 23.4 Å². The number of ether oxygens (including phenoxy) is 2. The highest BCUT2D eigenvalue weighted by Gasteiger charge is 2.28. The van der Waals surface area contributed by atoms with E-state index in [1.54, 1.807) is 19.3 Å². The molecule has 0 saturated carbocycles. The van der Waals surface area contributed by atoms with Gasteiger partial charge in [-0.15, -0.1) is 24.8 Å². The van der Waals surface area contributed by atoms with Crippen LogP contribution in [0.2, 0.25) is 0 Å². The summed E-state index contributed by atoms with van der Waals surface area (Å²) in [5.74, 6) is -0.300. The smallest absolute Gasteiger partial charge is 0.340 e. The first-order valence-corrected chi connectivity index (χ1v) is 11.3. The summed E-state index contributed by atoms with van der Waals surface area (Å²) in [4.78, 5) is 19.3. The highest BCUT2D eigenvalue weighted by Crippen LogP contribution is 2.41. The number of carbonyl (C=O) groups excluding carboxylic acids is 1. The Labute approximate surface area is 227 Å². The van der Waals surface area contributed by atoms with Crippen molar-refractivity contribution in [3.8, 4) is 22.6 Å². The van der Waals surface area contributed by atoms with Crippen molar-refractivity contribution in [2.24, 2.45) is 7.05 Å². The summed E-state index contributed by atoms with van der Waals surface area (Å²) in [5.41, 5.74) is 3.67. The van der Waals surface area contributed by atoms with Crippen LogP contribution in [0.15, 0.2) is 54.9 Å². The molecule has 0 atom stereocenters. The van der Waals surface area contributed by atoms with Crippen molar-refractivity contribution >= 4 is 41.7 Å². The number of phenols is 1. The van der Waals surface area contributed by atoms with Crippen molar-refractivity contribution in [1.82, 2.24) is 14.5 Å². The van der Waals surface area contributed by atoms with E-state index in [2.05, 4.69) is 4.98 Å². The van der Waals surface area contributed by atoms with Crippen molar-refractivity contribution < 1.29 is 23.8 Å². The predicted molar refractivity (Wildman–Crippen MR) is 146 cm³/mol. The van der Waals surface area contributed by atoms with Gasteiger partial charge in [-0.2, -0.15) is 0 Å². The minimum absolute atomic E-state index is 0. The molecule has 198 valence electrons. The molecule has 37 heavy (non-hydrogen) atoms. The molecule has 0 bridgehead atoms. The second-order valence-electron chi connectivity index (χ2n) is 8.47. The first kappa shape index (κ1) is 29.9. The summed E-state index contributed by atoms with van der Waals surface area (Å²) < 4.78 is 26.5. The van der Waals surface area contributed by atoms with Gasteiger partial charge in [-0.25, -0.2) is 9.18 Å². The number of aryl methyl sites for hydroxylation is 1. The molecule has 0 spiro atoms. The Balaban J connectivity index is 0.00000241. The highest BCUT2D eigenvalue weighted by atomic mass is 35.5. The number of phenolic OH excluding ortho intramolecular Hbond substituents is 1. The molecule has 2 aromatic heterocycles. The second kappa shape index (κ2) is 12.8. The first-order chi connectivity index (χ1) is 16.8. The number of benzene rings is 2. The van der Waals surface area contributed by atoms with E-state index in [4.69, 9.17) is 9.47 Å². The lowest BCUT2D eigenvalue weighted by atomic mass is 9.96. The standard InChI is InChI=1S/C27H28FN3O4.2ClH/c1-5-34-27(33)25-23(16-35-19-10-8-18(28)9-11-19)31(4)22-13-20(17-7-6-12-29-14-17)26(32)21(24(22)25)15-30(2)3;;/h6-14,32H,5,15-16H2,1-4H3;2*1H. The fraction of sp³-hybridized carbons (Fsp3) is 0.259. The van der Waals surface area contributed by atoms with Crippen molar-refractivity contribution in [1.29, 1.82) is 0 Å². The predicted octanol–water partition coefficient (Wildman–Crippen LogP) is 5.75. The Morgan fingerprint density at radius 1 is 1.16 bits per heavy atom. The van der Waals surface area contributed by atoms with Crippen LogP contribution in [0, 0.1) is 5.82 Å². The topological polar surface area (TPSA) is 76.8 Å². The van der Waals surface area contributed by atoms with E-state index in [1.165, 1.54) is 24.3 Å². The van der Waals surface area contributed by atoms with Crippen LogP contribution in [-0.2, 0) is 24.9 Å². The number of aromatic nitrogens is 2. The number of halogens is 3. The van der Waals surface area contributed by atoms with Crippen molar-refractivity contribution in [3.63, 3.8) is 0 Å². The van der Waals surface area contributed by atoms with Crippen LogP contribution >= 0.6 is 24.8 Å². The van der Waals surface area contributed by atoms with E-state index in [0.29, 0.717) is 40.1 Å². The Kier molecular flexibility index (Phi) is 10.3. The highest BCUT2D eigenvalue weighted by molar-refractivity contribution is 6.09. The summed E-state index contributed by atoms with van der Waals surface area (Å²) in [6.45, 7) is 2.40. The maximum Gasteiger partial charge on any atom is 0.340 e. The van der Waals surface area contributed by atoms with E-state index < -0.39 is 5.97 Å². The normalized spacial score (nSPS) is 10.6. The Bertz CT molecular complexity index is 1360. The lowest BCUT2D eigenvalue weighted by Gasteiger charge is -2.17. The van der Waals surface area contributed by atoms with Gasteiger partial charge in [0.25, 0.3) is 0 Å². The van der Waals surface area contributed by atoms with Crippen molar-refractivity contribution in [2.45, 2.75) is 20.1 Å². The largest absolute Gasteiger partial charge is 0.507 e. The van der Waals surface area contributed by atoms with E-state index in [0.717, 1.165) is 11.1 Å². The number of nitrogens with zero attached hydrogens (tertiary/aromatic N) is 3. The third kappa shape index (κ3) is 6.15. The van der Waals surface area contributed by atoms with Gasteiger partial charge in [0.2, 0.25) is 0 Å². The molecule has 4 rings (SSSR count). The number of carbonyl (C=O) groups is 1. The van der Waals surface area contributed by atoms with Crippen LogP contribution < -0.4 is 4.74 Å². The molecule has 4 aromatic rings. The molecule has 0 fully saturated rings. The molecular formula is C27H30Cl2FN3O4. The van der Waals surface area contributed by atoms with Crippen LogP contribution in [-0.4, -0.2) is 46.2 Å². The molecule has 2 aromatic carbocycles. The number of pyridine rings is 1. The van der Waals surface area contributed by atoms with Crippen LogP contribution in [0.25, 0.3) is 22.0 Å². The minimum atomic E-state index is -0.496. The fourth-order valence-corrected chi connectivity index (χ4v) is 4.20. The maximum atomic E-state index is 13.3. The molecule has 2 heterocycles. The van der Waals surface area contributed by atoms with Gasteiger partial charge in [0, 0.05) is 48.1 Å². The van der Waals surface area contributed by atoms with E-state index >= 15 is 0 Å². The van der Waals surface area contributed by atoms with E-state index in [1.807, 2.05) is 48.8 Å². The maximum absolute atomic E-state index is 13.3. The van der Waals surface area contributed by atoms with Gasteiger partial charge in [-0.05, 0) is 57.4 Å². The van der Waals surface area contributed by atoms with Crippen LogP contribution in [0.1, 0.15) is 28.5 Å². The molecule has 10 heteroatoms. The molecule has 0 radical (unpaired) electrons. The average Bonchev–Trinajstić information content (AvgIpc) is 3.12. The molecule has 0 unspecified atom stereocenters. The molecule has 7 nitrogen and oxygen atoms in total. The van der Waals surface area contributed by atoms with Gasteiger partial charge >= 0.3 is 5.97 Å². The summed E-state index contributed by atoms with van der Waals surface area (Å²) in [7, 11) is 5.64. The lowest BCUT2D eigenvalue weighted by Crippen LogP contribution is -2.13. The zero-order valence-corrected chi connectivity index (χ0v) is 22.7. The first-order valence-electron chi connectivity index (χ1n) is 11.3. The van der Waals surface area contributed by atoms with E-state index in [-0.39, 0.29) is 49.6 Å². The Morgan fingerprint density at radius 2 is 1.86 bits per heavy atom. The molecule has 0 aliphatic heterocycles. The number of esters is 1. The van der Waals surface area contributed by atoms with Gasteiger partial charge in [-0.3, -0.25) is 4.98 Å². The van der Waals surface area contributed by atoms with Crippen molar-refractivity contribution in [3.05, 3.63) is 77.5 Å². The van der Waals surface area contributed by atoms with Gasteiger partial charge in [-0.1, -0.05) is 6.07 Å². The van der Waals surface area contributed by atoms with Gasteiger partial charge in [0.15, 0.2) is 0 Å². The van der Waals surface area contributed by atoms with Crippen LogP contribution in [0.3, 0.4) is 0 Å². The third-order valence-corrected chi connectivity index (χ3v) is 5.80. The number of rotatable bonds is 8. The molecule has 0 aliphatic rings. The Hall–Kier alpha value is -3.33. The third-order valence-electron chi connectivity index (χ3n) is 5.80. The van der Waals surface area contributed by atoms with Crippen molar-refractivity contribution in [2.75, 3.05) is 20.7 Å².